The molecule has 0 saturated carbocycles. The van der Waals surface area contributed by atoms with E-state index in [9.17, 15) is 13.2 Å². The minimum atomic E-state index is -3.52. The molecule has 0 heterocycles. The average Bonchev–Trinajstić information content (AvgIpc) is 2.82. The predicted molar refractivity (Wildman–Crippen MR) is 140 cm³/mol. The summed E-state index contributed by atoms with van der Waals surface area (Å²) in [4.78, 5) is 14.9. The van der Waals surface area contributed by atoms with Crippen molar-refractivity contribution in [3.63, 3.8) is 0 Å². The van der Waals surface area contributed by atoms with E-state index in [0.29, 0.717) is 22.8 Å². The van der Waals surface area contributed by atoms with Crippen molar-refractivity contribution in [2.24, 2.45) is 0 Å². The Bertz CT molecular complexity index is 1210. The lowest BCUT2D eigenvalue weighted by Crippen LogP contribution is -2.29. The van der Waals surface area contributed by atoms with Gasteiger partial charge in [-0.05, 0) is 67.4 Å². The number of amides is 1. The maximum Gasteiger partial charge on any atom is 0.251 e. The van der Waals surface area contributed by atoms with Crippen LogP contribution in [0.4, 0.5) is 11.4 Å². The minimum absolute atomic E-state index is 0.139. The molecular formula is C26H30ClN3O3S. The van der Waals surface area contributed by atoms with Crippen molar-refractivity contribution in [2.45, 2.75) is 26.9 Å². The molecule has 0 aromatic heterocycles. The van der Waals surface area contributed by atoms with E-state index < -0.39 is 10.0 Å². The first-order valence-electron chi connectivity index (χ1n) is 11.2. The normalized spacial score (nSPS) is 11.2. The molecule has 0 bridgehead atoms. The number of hydrogen-bond acceptors (Lipinski definition) is 4. The molecule has 3 aromatic rings. The van der Waals surface area contributed by atoms with E-state index in [1.165, 1.54) is 4.31 Å². The van der Waals surface area contributed by atoms with E-state index in [2.05, 4.69) is 36.2 Å². The minimum Gasteiger partial charge on any atom is -0.372 e. The van der Waals surface area contributed by atoms with Gasteiger partial charge in [0.2, 0.25) is 10.0 Å². The van der Waals surface area contributed by atoms with Crippen LogP contribution in [0.1, 0.15) is 35.3 Å². The number of anilines is 2. The maximum absolute atomic E-state index is 12.6. The lowest BCUT2D eigenvalue weighted by molar-refractivity contribution is 0.0951. The Morgan fingerprint density at radius 2 is 1.50 bits per heavy atom. The summed E-state index contributed by atoms with van der Waals surface area (Å²) in [7, 11) is -3.52. The van der Waals surface area contributed by atoms with Gasteiger partial charge in [-0.2, -0.15) is 0 Å². The third-order valence-corrected chi connectivity index (χ3v) is 6.93. The molecule has 6 nitrogen and oxygen atoms in total. The largest absolute Gasteiger partial charge is 0.372 e. The third kappa shape index (κ3) is 6.74. The van der Waals surface area contributed by atoms with Crippen molar-refractivity contribution in [2.75, 3.05) is 28.6 Å². The summed E-state index contributed by atoms with van der Waals surface area (Å²) in [6.07, 6.45) is 1.16. The number of sulfonamides is 1. The van der Waals surface area contributed by atoms with Crippen molar-refractivity contribution in [3.8, 4) is 0 Å². The van der Waals surface area contributed by atoms with Crippen LogP contribution in [0.5, 0.6) is 0 Å². The van der Waals surface area contributed by atoms with Crippen molar-refractivity contribution in [1.82, 2.24) is 5.32 Å². The average molecular weight is 500 g/mol. The number of hydrogen-bond donors (Lipinski definition) is 1. The first-order valence-corrected chi connectivity index (χ1v) is 13.4. The molecule has 1 amide bonds. The Balaban J connectivity index is 1.63. The highest BCUT2D eigenvalue weighted by Gasteiger charge is 2.18. The Hall–Kier alpha value is -3.03. The number of nitrogens with one attached hydrogen (secondary N) is 1. The van der Waals surface area contributed by atoms with Crippen LogP contribution in [0.15, 0.2) is 72.8 Å². The summed E-state index contributed by atoms with van der Waals surface area (Å²) in [6.45, 7) is 6.71. The topological polar surface area (TPSA) is 69.7 Å². The Morgan fingerprint density at radius 1 is 0.882 bits per heavy atom. The zero-order valence-electron chi connectivity index (χ0n) is 19.7. The monoisotopic (exact) mass is 499 g/mol. The van der Waals surface area contributed by atoms with Gasteiger partial charge < -0.3 is 10.2 Å². The second-order valence-electron chi connectivity index (χ2n) is 7.97. The van der Waals surface area contributed by atoms with Crippen LogP contribution in [-0.4, -0.2) is 33.7 Å². The predicted octanol–water partition coefficient (Wildman–Crippen LogP) is 5.08. The molecule has 8 heteroatoms. The van der Waals surface area contributed by atoms with Crippen LogP contribution < -0.4 is 14.5 Å². The second kappa shape index (κ2) is 11.4. The smallest absolute Gasteiger partial charge is 0.251 e. The third-order valence-electron chi connectivity index (χ3n) is 5.56. The number of halogens is 1. The molecule has 0 radical (unpaired) electrons. The number of benzene rings is 3. The van der Waals surface area contributed by atoms with Gasteiger partial charge in [0, 0.05) is 35.9 Å². The van der Waals surface area contributed by atoms with Crippen molar-refractivity contribution in [1.29, 1.82) is 0 Å². The second-order valence-corrected chi connectivity index (χ2v) is 10.3. The van der Waals surface area contributed by atoms with E-state index in [1.807, 2.05) is 12.1 Å². The van der Waals surface area contributed by atoms with Gasteiger partial charge in [-0.25, -0.2) is 8.42 Å². The maximum atomic E-state index is 12.6. The zero-order chi connectivity index (χ0) is 24.7. The molecule has 34 heavy (non-hydrogen) atoms. The van der Waals surface area contributed by atoms with Gasteiger partial charge in [-0.1, -0.05) is 41.9 Å². The van der Waals surface area contributed by atoms with Crippen molar-refractivity contribution < 1.29 is 13.2 Å². The van der Waals surface area contributed by atoms with Gasteiger partial charge in [0.15, 0.2) is 0 Å². The molecule has 0 aliphatic heterocycles. The highest BCUT2D eigenvalue weighted by atomic mass is 35.5. The molecule has 0 aliphatic rings. The van der Waals surface area contributed by atoms with Crippen LogP contribution in [0, 0.1) is 0 Å². The van der Waals surface area contributed by atoms with Gasteiger partial charge in [0.05, 0.1) is 18.5 Å². The van der Waals surface area contributed by atoms with Crippen LogP contribution in [0.25, 0.3) is 0 Å². The van der Waals surface area contributed by atoms with Gasteiger partial charge in [0.25, 0.3) is 5.91 Å². The number of carbonyl (C=O) groups is 1. The number of rotatable bonds is 10. The number of carbonyl (C=O) groups excluding carboxylic acids is 1. The molecule has 1 N–H and O–H groups in total. The van der Waals surface area contributed by atoms with E-state index in [0.717, 1.165) is 36.2 Å². The van der Waals surface area contributed by atoms with Crippen molar-refractivity contribution in [3.05, 3.63) is 94.5 Å². The summed E-state index contributed by atoms with van der Waals surface area (Å²) < 4.78 is 26.0. The fourth-order valence-electron chi connectivity index (χ4n) is 3.66. The Morgan fingerprint density at radius 3 is 2.06 bits per heavy atom. The van der Waals surface area contributed by atoms with Gasteiger partial charge in [0.1, 0.15) is 0 Å². The molecule has 3 rings (SSSR count). The molecule has 0 atom stereocenters. The van der Waals surface area contributed by atoms with Crippen LogP contribution in [0.2, 0.25) is 5.02 Å². The SMILES string of the molecule is CCN(CC)c1ccc(CNC(=O)c2ccc(CN(c3cccc(Cl)c3)S(C)(=O)=O)cc2)cc1. The molecule has 0 unspecified atom stereocenters. The van der Waals surface area contributed by atoms with E-state index >= 15 is 0 Å². The first kappa shape index (κ1) is 25.6. The molecular weight excluding hydrogens is 470 g/mol. The first-order chi connectivity index (χ1) is 16.2. The fraction of sp³-hybridized carbons (Fsp3) is 0.269. The lowest BCUT2D eigenvalue weighted by Gasteiger charge is -2.23. The van der Waals surface area contributed by atoms with E-state index in [1.54, 1.807) is 48.5 Å². The molecule has 0 aliphatic carbocycles. The van der Waals surface area contributed by atoms with Gasteiger partial charge in [-0.3, -0.25) is 9.10 Å². The summed E-state index contributed by atoms with van der Waals surface area (Å²) in [5, 5.41) is 3.39. The quantitative estimate of drug-likeness (QED) is 0.422. The van der Waals surface area contributed by atoms with Gasteiger partial charge >= 0.3 is 0 Å². The molecule has 0 spiro atoms. The molecule has 3 aromatic carbocycles. The standard InChI is InChI=1S/C26H30ClN3O3S/c1-4-29(5-2)24-15-11-20(12-16-24)18-28-26(31)22-13-9-21(10-14-22)19-30(34(3,32)33)25-8-6-7-23(27)17-25/h6-17H,4-5,18-19H2,1-3H3,(H,28,31). The molecule has 0 fully saturated rings. The Kier molecular flexibility index (Phi) is 8.58. The summed E-state index contributed by atoms with van der Waals surface area (Å²) in [6, 6.07) is 21.8. The summed E-state index contributed by atoms with van der Waals surface area (Å²) in [5.41, 5.74) is 3.94. The van der Waals surface area contributed by atoms with Crippen LogP contribution in [-0.2, 0) is 23.1 Å². The Labute approximate surface area is 207 Å². The van der Waals surface area contributed by atoms with Crippen molar-refractivity contribution >= 4 is 38.9 Å². The number of nitrogens with zero attached hydrogens (tertiary/aromatic N) is 2. The van der Waals surface area contributed by atoms with E-state index in [4.69, 9.17) is 11.6 Å². The van der Waals surface area contributed by atoms with E-state index in [-0.39, 0.29) is 12.5 Å². The summed E-state index contributed by atoms with van der Waals surface area (Å²) >= 11 is 6.04. The highest BCUT2D eigenvalue weighted by molar-refractivity contribution is 7.92. The lowest BCUT2D eigenvalue weighted by atomic mass is 10.1. The molecule has 0 saturated heterocycles. The molecule has 180 valence electrons. The summed E-state index contributed by atoms with van der Waals surface area (Å²) in [5.74, 6) is -0.186. The van der Waals surface area contributed by atoms with Gasteiger partial charge in [-0.15, -0.1) is 0 Å². The zero-order valence-corrected chi connectivity index (χ0v) is 21.2. The van der Waals surface area contributed by atoms with Crippen LogP contribution >= 0.6 is 11.6 Å². The van der Waals surface area contributed by atoms with Crippen LogP contribution in [0.3, 0.4) is 0 Å². The highest BCUT2D eigenvalue weighted by Crippen LogP contribution is 2.24. The fourth-order valence-corrected chi connectivity index (χ4v) is 4.72.